The van der Waals surface area contributed by atoms with E-state index in [0.29, 0.717) is 17.8 Å². The van der Waals surface area contributed by atoms with Gasteiger partial charge in [0.1, 0.15) is 12.2 Å². The van der Waals surface area contributed by atoms with Gasteiger partial charge in [-0.3, -0.25) is 9.35 Å². The Morgan fingerprint density at radius 2 is 1.61 bits per heavy atom. The minimum absolute atomic E-state index is 0.0318. The van der Waals surface area contributed by atoms with Gasteiger partial charge >= 0.3 is 21.3 Å². The van der Waals surface area contributed by atoms with E-state index in [4.69, 9.17) is 9.29 Å². The Labute approximate surface area is 165 Å². The summed E-state index contributed by atoms with van der Waals surface area (Å²) in [4.78, 5) is 12.5. The van der Waals surface area contributed by atoms with E-state index in [2.05, 4.69) is 4.74 Å². The standard InChI is InChI=1S/C19H30F2O6S/c1-12(10-26-11-19(20,21)28(23,24)25)16(22)27-17(2,3)18-7-13-4-14(8-18)6-15(5-13)9-18/h12-15H,4-11H2,1-3H3,(H,23,24,25). The SMILES string of the molecule is CC(COCC(F)(F)S(=O)(=O)O)C(=O)OC(C)(C)C12CC3CC(CC(C3)C1)C2. The average molecular weight is 425 g/mol. The molecule has 4 saturated carbocycles. The largest absolute Gasteiger partial charge is 0.459 e. The van der Waals surface area contributed by atoms with Crippen LogP contribution in [0, 0.1) is 29.1 Å². The molecule has 9 heteroatoms. The molecule has 6 nitrogen and oxygen atoms in total. The molecule has 4 fully saturated rings. The van der Waals surface area contributed by atoms with Crippen molar-refractivity contribution < 1.29 is 36.0 Å². The minimum Gasteiger partial charge on any atom is -0.459 e. The number of carbonyl (C=O) groups excluding carboxylic acids is 1. The van der Waals surface area contributed by atoms with E-state index in [-0.39, 0.29) is 5.41 Å². The van der Waals surface area contributed by atoms with Gasteiger partial charge in [-0.1, -0.05) is 0 Å². The highest BCUT2D eigenvalue weighted by molar-refractivity contribution is 7.86. The molecular formula is C19H30F2O6S. The van der Waals surface area contributed by atoms with Crippen LogP contribution in [0.2, 0.25) is 0 Å². The van der Waals surface area contributed by atoms with Crippen molar-refractivity contribution in [1.29, 1.82) is 0 Å². The lowest BCUT2D eigenvalue weighted by Crippen LogP contribution is -2.57. The molecule has 4 aliphatic rings. The van der Waals surface area contributed by atoms with Gasteiger partial charge in [0.05, 0.1) is 12.5 Å². The zero-order chi connectivity index (χ0) is 21.0. The van der Waals surface area contributed by atoms with E-state index in [1.54, 1.807) is 0 Å². The average Bonchev–Trinajstić information content (AvgIpc) is 2.51. The topological polar surface area (TPSA) is 89.9 Å². The number of carbonyl (C=O) groups is 1. The molecule has 0 aromatic rings. The quantitative estimate of drug-likeness (QED) is 0.472. The van der Waals surface area contributed by atoms with E-state index in [1.807, 2.05) is 13.8 Å². The summed E-state index contributed by atoms with van der Waals surface area (Å²) in [6, 6.07) is 0. The summed E-state index contributed by atoms with van der Waals surface area (Å²) >= 11 is 0. The second-order valence-electron chi connectivity index (χ2n) is 9.66. The molecule has 1 unspecified atom stereocenters. The molecule has 0 aromatic carbocycles. The third kappa shape index (κ3) is 4.07. The third-order valence-corrected chi connectivity index (χ3v) is 7.96. The van der Waals surface area contributed by atoms with Crippen molar-refractivity contribution in [3.63, 3.8) is 0 Å². The number of hydrogen-bond acceptors (Lipinski definition) is 5. The van der Waals surface area contributed by atoms with Crippen molar-refractivity contribution in [3.05, 3.63) is 0 Å². The molecule has 1 N–H and O–H groups in total. The zero-order valence-corrected chi connectivity index (χ0v) is 17.4. The summed E-state index contributed by atoms with van der Waals surface area (Å²) in [5, 5.41) is -4.41. The first-order valence-corrected chi connectivity index (χ1v) is 11.3. The first kappa shape index (κ1) is 21.9. The smallest absolute Gasteiger partial charge is 0.392 e. The van der Waals surface area contributed by atoms with E-state index in [1.165, 1.54) is 26.2 Å². The van der Waals surface area contributed by atoms with Crippen molar-refractivity contribution in [3.8, 4) is 0 Å². The van der Waals surface area contributed by atoms with Gasteiger partial charge in [-0.05, 0) is 77.0 Å². The van der Waals surface area contributed by atoms with Gasteiger partial charge in [0, 0.05) is 5.41 Å². The van der Waals surface area contributed by atoms with E-state index in [0.717, 1.165) is 19.3 Å². The molecule has 1 atom stereocenters. The van der Waals surface area contributed by atoms with Gasteiger partial charge in [-0.2, -0.15) is 17.2 Å². The Hall–Kier alpha value is -0.800. The highest BCUT2D eigenvalue weighted by Crippen LogP contribution is 2.64. The van der Waals surface area contributed by atoms with Gasteiger partial charge in [0.2, 0.25) is 0 Å². The van der Waals surface area contributed by atoms with Gasteiger partial charge in [-0.25, -0.2) is 0 Å². The Morgan fingerprint density at radius 1 is 1.14 bits per heavy atom. The van der Waals surface area contributed by atoms with Gasteiger partial charge in [-0.15, -0.1) is 0 Å². The van der Waals surface area contributed by atoms with Crippen LogP contribution in [-0.4, -0.2) is 43.0 Å². The molecule has 0 saturated heterocycles. The van der Waals surface area contributed by atoms with Crippen LogP contribution >= 0.6 is 0 Å². The summed E-state index contributed by atoms with van der Waals surface area (Å²) in [5.41, 5.74) is -0.692. The summed E-state index contributed by atoms with van der Waals surface area (Å²) in [6.45, 7) is 3.45. The summed E-state index contributed by atoms with van der Waals surface area (Å²) < 4.78 is 66.6. The Morgan fingerprint density at radius 3 is 2.04 bits per heavy atom. The fourth-order valence-electron chi connectivity index (χ4n) is 5.81. The molecule has 4 aliphatic carbocycles. The maximum absolute atomic E-state index is 13.2. The van der Waals surface area contributed by atoms with Crippen LogP contribution in [0.1, 0.15) is 59.3 Å². The fraction of sp³-hybridized carbons (Fsp3) is 0.947. The van der Waals surface area contributed by atoms with Gasteiger partial charge < -0.3 is 9.47 Å². The second kappa shape index (κ2) is 7.16. The fourth-order valence-corrected chi connectivity index (χ4v) is 6.04. The maximum Gasteiger partial charge on any atom is 0.392 e. The van der Waals surface area contributed by atoms with E-state index < -0.39 is 46.1 Å². The van der Waals surface area contributed by atoms with Crippen LogP contribution in [0.25, 0.3) is 0 Å². The lowest BCUT2D eigenvalue weighted by Gasteiger charge is -2.61. The maximum atomic E-state index is 13.2. The predicted octanol–water partition coefficient (Wildman–Crippen LogP) is 3.66. The molecular weight excluding hydrogens is 394 g/mol. The van der Waals surface area contributed by atoms with Gasteiger partial charge in [0.25, 0.3) is 0 Å². The molecule has 0 aliphatic heterocycles. The lowest BCUT2D eigenvalue weighted by atomic mass is 9.46. The normalized spacial score (nSPS) is 33.7. The first-order chi connectivity index (χ1) is 12.7. The number of halogens is 2. The third-order valence-electron chi connectivity index (χ3n) is 7.09. The van der Waals surface area contributed by atoms with Crippen molar-refractivity contribution in [2.75, 3.05) is 13.2 Å². The molecule has 0 amide bonds. The lowest BCUT2D eigenvalue weighted by molar-refractivity contribution is -0.203. The highest BCUT2D eigenvalue weighted by atomic mass is 32.2. The van der Waals surface area contributed by atoms with Crippen molar-refractivity contribution in [1.82, 2.24) is 0 Å². The highest BCUT2D eigenvalue weighted by Gasteiger charge is 2.58. The van der Waals surface area contributed by atoms with Crippen molar-refractivity contribution >= 4 is 16.1 Å². The Bertz CT molecular complexity index is 683. The number of esters is 1. The summed E-state index contributed by atoms with van der Waals surface area (Å²) in [6.07, 6.45) is 7.00. The first-order valence-electron chi connectivity index (χ1n) is 9.90. The van der Waals surface area contributed by atoms with Crippen LogP contribution in [0.15, 0.2) is 0 Å². The van der Waals surface area contributed by atoms with Crippen molar-refractivity contribution in [2.45, 2.75) is 70.2 Å². The summed E-state index contributed by atoms with van der Waals surface area (Å²) in [7, 11) is -5.55. The molecule has 0 spiro atoms. The molecule has 162 valence electrons. The van der Waals surface area contributed by atoms with Crippen LogP contribution in [0.3, 0.4) is 0 Å². The number of alkyl halides is 2. The molecule has 0 aromatic heterocycles. The molecule has 4 bridgehead atoms. The predicted molar refractivity (Wildman–Crippen MR) is 97.3 cm³/mol. The summed E-state index contributed by atoms with van der Waals surface area (Å²) in [5.74, 6) is 0.731. The number of ether oxygens (including phenoxy) is 2. The molecule has 0 radical (unpaired) electrons. The van der Waals surface area contributed by atoms with Crippen LogP contribution in [0.5, 0.6) is 0 Å². The molecule has 28 heavy (non-hydrogen) atoms. The van der Waals surface area contributed by atoms with Crippen LogP contribution < -0.4 is 0 Å². The number of rotatable bonds is 8. The van der Waals surface area contributed by atoms with Gasteiger partial charge in [0.15, 0.2) is 0 Å². The number of hydrogen-bond donors (Lipinski definition) is 1. The van der Waals surface area contributed by atoms with E-state index >= 15 is 0 Å². The molecule has 4 rings (SSSR count). The monoisotopic (exact) mass is 424 g/mol. The molecule has 0 heterocycles. The zero-order valence-electron chi connectivity index (χ0n) is 16.6. The minimum atomic E-state index is -5.55. The Kier molecular flexibility index (Phi) is 5.60. The Balaban J connectivity index is 1.56. The van der Waals surface area contributed by atoms with Crippen LogP contribution in [-0.2, 0) is 24.4 Å². The van der Waals surface area contributed by atoms with Crippen LogP contribution in [0.4, 0.5) is 8.78 Å². The van der Waals surface area contributed by atoms with Crippen molar-refractivity contribution in [2.24, 2.45) is 29.1 Å². The van der Waals surface area contributed by atoms with E-state index in [9.17, 15) is 22.0 Å². The second-order valence-corrected chi connectivity index (χ2v) is 11.2.